The molecule has 0 atom stereocenters. The van der Waals surface area contributed by atoms with Gasteiger partial charge >= 0.3 is 6.07 Å². The average Bonchev–Trinajstić information content (AvgIpc) is 2.19. The van der Waals surface area contributed by atoms with Gasteiger partial charge in [0.2, 0.25) is 0 Å². The summed E-state index contributed by atoms with van der Waals surface area (Å²) in [4.78, 5) is 0. The van der Waals surface area contributed by atoms with Gasteiger partial charge in [-0.25, -0.2) is 0 Å². The van der Waals surface area contributed by atoms with E-state index in [9.17, 15) is 4.57 Å². The Balaban J connectivity index is 1.56. The van der Waals surface area contributed by atoms with Crippen LogP contribution in [0.2, 0.25) is 0 Å². The van der Waals surface area contributed by atoms with E-state index in [4.69, 9.17) is 27.0 Å². The van der Waals surface area contributed by atoms with Crippen molar-refractivity contribution in [2.24, 2.45) is 29.6 Å². The summed E-state index contributed by atoms with van der Waals surface area (Å²) in [5, 5.41) is 0. The van der Waals surface area contributed by atoms with Crippen LogP contribution >= 0.6 is 28.6 Å². The first-order chi connectivity index (χ1) is 8.01. The van der Waals surface area contributed by atoms with Crippen LogP contribution in [0.15, 0.2) is 0 Å². The Kier molecular flexibility index (Phi) is 3.54. The fourth-order valence-corrected chi connectivity index (χ4v) is 5.54. The minimum Gasteiger partial charge on any atom is -0.306 e. The number of rotatable bonds is 4. The molecular weight excluding hydrogens is 278 g/mol. The van der Waals surface area contributed by atoms with Crippen molar-refractivity contribution in [3.8, 4) is 0 Å². The SMILES string of the molecule is O=P(Cl)(Cl)OCCC1C2CC3CC(C2)CC1C3. The molecule has 98 valence electrons. The molecule has 5 heteroatoms. The van der Waals surface area contributed by atoms with Crippen molar-refractivity contribution >= 4 is 28.6 Å². The zero-order chi connectivity index (χ0) is 12.0. The van der Waals surface area contributed by atoms with Crippen molar-refractivity contribution < 1.29 is 9.09 Å². The Morgan fingerprint density at radius 3 is 2.00 bits per heavy atom. The highest BCUT2D eigenvalue weighted by Crippen LogP contribution is 2.59. The predicted octanol–water partition coefficient (Wildman–Crippen LogP) is 5.05. The molecule has 0 heterocycles. The number of halogens is 2. The molecule has 4 saturated carbocycles. The third-order valence-corrected chi connectivity index (χ3v) is 6.18. The molecule has 4 fully saturated rings. The molecule has 4 bridgehead atoms. The lowest BCUT2D eigenvalue weighted by Gasteiger charge is -2.54. The largest absolute Gasteiger partial charge is 0.380 e. The van der Waals surface area contributed by atoms with Crippen molar-refractivity contribution in [2.45, 2.75) is 38.5 Å². The van der Waals surface area contributed by atoms with Crippen LogP contribution in [-0.2, 0) is 9.09 Å². The van der Waals surface area contributed by atoms with Gasteiger partial charge in [-0.15, -0.1) is 0 Å². The average molecular weight is 297 g/mol. The van der Waals surface area contributed by atoms with Gasteiger partial charge in [0.15, 0.2) is 0 Å². The molecule has 0 spiro atoms. The smallest absolute Gasteiger partial charge is 0.306 e. The lowest BCUT2D eigenvalue weighted by atomic mass is 9.51. The maximum absolute atomic E-state index is 11.1. The van der Waals surface area contributed by atoms with Gasteiger partial charge in [0.05, 0.1) is 6.61 Å². The van der Waals surface area contributed by atoms with Gasteiger partial charge in [-0.05, 0) is 90.6 Å². The summed E-state index contributed by atoms with van der Waals surface area (Å²) in [5.41, 5.74) is 0. The van der Waals surface area contributed by atoms with E-state index in [2.05, 4.69) is 0 Å². The van der Waals surface area contributed by atoms with Gasteiger partial charge in [0.25, 0.3) is 0 Å². The third kappa shape index (κ3) is 2.86. The quantitative estimate of drug-likeness (QED) is 0.679. The molecule has 4 aliphatic rings. The van der Waals surface area contributed by atoms with Crippen molar-refractivity contribution in [2.75, 3.05) is 6.61 Å². The summed E-state index contributed by atoms with van der Waals surface area (Å²) in [5.74, 6) is 4.55. The minimum atomic E-state index is -3.32. The van der Waals surface area contributed by atoms with Crippen LogP contribution in [0, 0.1) is 29.6 Å². The molecular formula is C12H19Cl2O2P. The van der Waals surface area contributed by atoms with E-state index in [1.165, 1.54) is 32.1 Å². The predicted molar refractivity (Wildman–Crippen MR) is 70.4 cm³/mol. The van der Waals surface area contributed by atoms with E-state index in [0.717, 1.165) is 36.0 Å². The minimum absolute atomic E-state index is 0.456. The van der Waals surface area contributed by atoms with E-state index in [1.54, 1.807) is 0 Å². The molecule has 4 aliphatic carbocycles. The second kappa shape index (κ2) is 4.71. The van der Waals surface area contributed by atoms with Gasteiger partial charge < -0.3 is 4.52 Å². The second-order valence-electron chi connectivity index (χ2n) is 6.13. The van der Waals surface area contributed by atoms with Gasteiger partial charge in [0, 0.05) is 0 Å². The normalized spacial score (nSPS) is 44.2. The van der Waals surface area contributed by atoms with Crippen LogP contribution in [0.5, 0.6) is 0 Å². The second-order valence-corrected chi connectivity index (χ2v) is 10.4. The summed E-state index contributed by atoms with van der Waals surface area (Å²) in [7, 11) is 0. The summed E-state index contributed by atoms with van der Waals surface area (Å²) in [6.45, 7) is 0.456. The Hall–Kier alpha value is 0.770. The van der Waals surface area contributed by atoms with E-state index in [-0.39, 0.29) is 0 Å². The Morgan fingerprint density at radius 2 is 1.53 bits per heavy atom. The van der Waals surface area contributed by atoms with Gasteiger partial charge in [-0.3, -0.25) is 4.57 Å². The zero-order valence-electron chi connectivity index (χ0n) is 9.86. The standard InChI is InChI=1S/C12H19Cl2O2P/c13-17(14,15)16-2-1-12-10-4-8-3-9(6-10)7-11(12)5-8/h8-12H,1-7H2. The van der Waals surface area contributed by atoms with Crippen molar-refractivity contribution in [3.05, 3.63) is 0 Å². The summed E-state index contributed by atoms with van der Waals surface area (Å²) >= 11 is 10.8. The molecule has 0 saturated heterocycles. The first-order valence-corrected chi connectivity index (χ1v) is 10.1. The highest BCUT2D eigenvalue weighted by molar-refractivity contribution is 8.05. The maximum atomic E-state index is 11.1. The van der Waals surface area contributed by atoms with E-state index < -0.39 is 6.07 Å². The van der Waals surface area contributed by atoms with Gasteiger partial charge in [0.1, 0.15) is 0 Å². The van der Waals surface area contributed by atoms with E-state index in [0.29, 0.717) is 6.61 Å². The van der Waals surface area contributed by atoms with E-state index in [1.807, 2.05) is 0 Å². The van der Waals surface area contributed by atoms with Crippen LogP contribution in [0.4, 0.5) is 0 Å². The molecule has 17 heavy (non-hydrogen) atoms. The molecule has 0 N–H and O–H groups in total. The first kappa shape index (κ1) is 12.8. The molecule has 0 amide bonds. The molecule has 4 rings (SSSR count). The Morgan fingerprint density at radius 1 is 1.00 bits per heavy atom. The molecule has 0 aromatic heterocycles. The van der Waals surface area contributed by atoms with Crippen LogP contribution < -0.4 is 0 Å². The summed E-state index contributed by atoms with van der Waals surface area (Å²) in [6.07, 6.45) is 4.80. The molecule has 2 nitrogen and oxygen atoms in total. The fourth-order valence-electron chi connectivity index (χ4n) is 4.80. The highest BCUT2D eigenvalue weighted by Gasteiger charge is 2.47. The van der Waals surface area contributed by atoms with Crippen molar-refractivity contribution in [1.82, 2.24) is 0 Å². The number of hydrogen-bond donors (Lipinski definition) is 0. The maximum Gasteiger partial charge on any atom is 0.380 e. The Bertz CT molecular complexity index is 313. The molecule has 0 aliphatic heterocycles. The molecule has 0 radical (unpaired) electrons. The van der Waals surface area contributed by atoms with Crippen LogP contribution in [0.25, 0.3) is 0 Å². The zero-order valence-corrected chi connectivity index (χ0v) is 12.3. The highest BCUT2D eigenvalue weighted by atomic mass is 35.9. The first-order valence-electron chi connectivity index (χ1n) is 6.65. The fraction of sp³-hybridized carbons (Fsp3) is 1.00. The van der Waals surface area contributed by atoms with Crippen molar-refractivity contribution in [1.29, 1.82) is 0 Å². The monoisotopic (exact) mass is 296 g/mol. The van der Waals surface area contributed by atoms with Crippen LogP contribution in [-0.4, -0.2) is 6.61 Å². The third-order valence-electron chi connectivity index (χ3n) is 5.11. The van der Waals surface area contributed by atoms with E-state index >= 15 is 0 Å². The molecule has 0 aromatic carbocycles. The van der Waals surface area contributed by atoms with Gasteiger partial charge in [-0.2, -0.15) is 0 Å². The van der Waals surface area contributed by atoms with Crippen LogP contribution in [0.1, 0.15) is 38.5 Å². The van der Waals surface area contributed by atoms with Crippen molar-refractivity contribution in [3.63, 3.8) is 0 Å². The lowest BCUT2D eigenvalue weighted by Crippen LogP contribution is -2.45. The molecule has 0 aromatic rings. The molecule has 0 unspecified atom stereocenters. The Labute approximate surface area is 112 Å². The number of hydrogen-bond acceptors (Lipinski definition) is 2. The summed E-state index contributed by atoms with van der Waals surface area (Å²) in [6, 6.07) is 0. The lowest BCUT2D eigenvalue weighted by molar-refractivity contribution is -0.0433. The van der Waals surface area contributed by atoms with Gasteiger partial charge in [-0.1, -0.05) is 0 Å². The summed E-state index contributed by atoms with van der Waals surface area (Å²) < 4.78 is 16.1. The van der Waals surface area contributed by atoms with Crippen LogP contribution in [0.3, 0.4) is 0 Å². The topological polar surface area (TPSA) is 26.3 Å².